The maximum atomic E-state index is 14.0. The molecule has 3 aromatic carbocycles. The van der Waals surface area contributed by atoms with Gasteiger partial charge >= 0.3 is 24.7 Å². The predicted octanol–water partition coefficient (Wildman–Crippen LogP) is 9.50. The number of amides is 1. The van der Waals surface area contributed by atoms with Gasteiger partial charge in [0.1, 0.15) is 18.3 Å². The molecule has 4 N–H and O–H groups in total. The Bertz CT molecular complexity index is 1680. The Labute approximate surface area is 288 Å². The van der Waals surface area contributed by atoms with Crippen molar-refractivity contribution in [3.8, 4) is 11.5 Å². The van der Waals surface area contributed by atoms with E-state index in [1.807, 2.05) is 26.0 Å². The molecule has 288 valence electrons. The Morgan fingerprint density at radius 1 is 0.635 bits per heavy atom. The molecule has 0 spiro atoms. The molecule has 1 amide bonds. The number of nitrogens with one attached hydrogen (secondary N) is 2. The Balaban J connectivity index is 0.00000460. The lowest BCUT2D eigenvalue weighted by Crippen LogP contribution is -2.54. The number of halogens is 12. The van der Waals surface area contributed by atoms with Crippen molar-refractivity contribution in [3.63, 3.8) is 0 Å². The van der Waals surface area contributed by atoms with Gasteiger partial charge in [0.05, 0.1) is 0 Å². The zero-order valence-corrected chi connectivity index (χ0v) is 27.7. The number of benzene rings is 3. The first kappa shape index (κ1) is 43.6. The Kier molecular flexibility index (Phi) is 12.5. The number of anilines is 2. The van der Waals surface area contributed by atoms with Gasteiger partial charge in [-0.1, -0.05) is 26.0 Å². The fourth-order valence-electron chi connectivity index (χ4n) is 4.68. The number of hydrogen-bond donors (Lipinski definition) is 4. The first-order chi connectivity index (χ1) is 23.4. The lowest BCUT2D eigenvalue weighted by molar-refractivity contribution is -0.376. The minimum Gasteiger partial charge on any atom is -0.457 e. The van der Waals surface area contributed by atoms with Gasteiger partial charge in [0.2, 0.25) is 0 Å². The van der Waals surface area contributed by atoms with E-state index in [0.717, 1.165) is 11.6 Å². The van der Waals surface area contributed by atoms with E-state index in [2.05, 4.69) is 5.32 Å². The van der Waals surface area contributed by atoms with E-state index in [-0.39, 0.29) is 23.6 Å². The fraction of sp³-hybridized carbons (Fsp3) is 0.394. The standard InChI is InChI=1S/C32H30F12N2O4.CH2O/c1-16(2)17-6-8-18(9-7-17)25(47)45-23-12-10-19(14-21(23)27(48,29(33,34)35)30(36,37)38)50-20-11-13-24(46-26(3,4)5)22(15-20)28(49,31(39,40)41)32(42,43)44;1-2/h6-16,46,48-49H,1-5H3,(H,45,47);1H2. The number of ether oxygens (including phenoxy) is 1. The minimum atomic E-state index is -6.49. The molecule has 19 heteroatoms. The molecule has 0 radical (unpaired) electrons. The Hall–Kier alpha value is -4.52. The number of carbonyl (C=O) groups excluding carboxylic acids is 2. The van der Waals surface area contributed by atoms with Crippen molar-refractivity contribution >= 4 is 24.1 Å². The number of rotatable bonds is 8. The van der Waals surface area contributed by atoms with Gasteiger partial charge < -0.3 is 30.4 Å². The number of aliphatic hydroxyl groups is 2. The summed E-state index contributed by atoms with van der Waals surface area (Å²) in [5.74, 6) is -3.28. The third kappa shape index (κ3) is 8.91. The summed E-state index contributed by atoms with van der Waals surface area (Å²) in [4.78, 5) is 20.9. The van der Waals surface area contributed by atoms with Crippen LogP contribution in [0, 0.1) is 0 Å². The molecule has 0 fully saturated rings. The average Bonchev–Trinajstić information content (AvgIpc) is 2.99. The molecule has 52 heavy (non-hydrogen) atoms. The van der Waals surface area contributed by atoms with Crippen LogP contribution in [0.15, 0.2) is 60.7 Å². The monoisotopic (exact) mass is 764 g/mol. The molecular formula is C33H32F12N2O5. The average molecular weight is 765 g/mol. The lowest BCUT2D eigenvalue weighted by Gasteiger charge is -2.36. The molecular weight excluding hydrogens is 732 g/mol. The van der Waals surface area contributed by atoms with Crippen LogP contribution in [0.4, 0.5) is 64.1 Å². The van der Waals surface area contributed by atoms with Gasteiger partial charge in [-0.3, -0.25) is 4.79 Å². The zero-order chi connectivity index (χ0) is 40.5. The largest absolute Gasteiger partial charge is 0.457 e. The van der Waals surface area contributed by atoms with E-state index >= 15 is 0 Å². The van der Waals surface area contributed by atoms with E-state index in [1.54, 1.807) is 0 Å². The van der Waals surface area contributed by atoms with Crippen LogP contribution >= 0.6 is 0 Å². The molecule has 0 unspecified atom stereocenters. The van der Waals surface area contributed by atoms with Gasteiger partial charge in [-0.05, 0) is 80.8 Å². The van der Waals surface area contributed by atoms with Gasteiger partial charge in [-0.15, -0.1) is 0 Å². The van der Waals surface area contributed by atoms with Crippen molar-refractivity contribution in [2.24, 2.45) is 0 Å². The van der Waals surface area contributed by atoms with Gasteiger partial charge in [0, 0.05) is 33.6 Å². The van der Waals surface area contributed by atoms with Crippen molar-refractivity contribution in [1.82, 2.24) is 0 Å². The van der Waals surface area contributed by atoms with Crippen molar-refractivity contribution < 1.29 is 77.2 Å². The van der Waals surface area contributed by atoms with Crippen LogP contribution in [-0.4, -0.2) is 53.2 Å². The van der Waals surface area contributed by atoms with Crippen LogP contribution < -0.4 is 15.4 Å². The molecule has 0 bridgehead atoms. The third-order valence-electron chi connectivity index (χ3n) is 7.24. The fourth-order valence-corrected chi connectivity index (χ4v) is 4.68. The summed E-state index contributed by atoms with van der Waals surface area (Å²) in [5, 5.41) is 24.6. The molecule has 0 saturated carbocycles. The Morgan fingerprint density at radius 2 is 1.00 bits per heavy atom. The van der Waals surface area contributed by atoms with E-state index in [1.165, 1.54) is 45.0 Å². The number of alkyl halides is 12. The van der Waals surface area contributed by atoms with E-state index < -0.39 is 81.4 Å². The quantitative estimate of drug-likeness (QED) is 0.170. The summed E-state index contributed by atoms with van der Waals surface area (Å²) in [7, 11) is 0. The molecule has 0 aromatic heterocycles. The van der Waals surface area contributed by atoms with E-state index in [9.17, 15) is 67.7 Å². The molecule has 0 aliphatic rings. The SMILES string of the molecule is C=O.CC(C)c1ccc(C(=O)Nc2ccc(Oc3ccc(NC(C)(C)C)c(C(O)(C(F)(F)F)C(F)(F)F)c3)cc2C(O)(C(F)(F)F)C(F)(F)F)cc1. The van der Waals surface area contributed by atoms with Crippen LogP contribution in [0.1, 0.15) is 67.6 Å². The van der Waals surface area contributed by atoms with Crippen molar-refractivity contribution in [3.05, 3.63) is 82.9 Å². The van der Waals surface area contributed by atoms with Gasteiger partial charge in [0.25, 0.3) is 17.1 Å². The van der Waals surface area contributed by atoms with Crippen LogP contribution in [0.5, 0.6) is 11.5 Å². The molecule has 0 heterocycles. The predicted molar refractivity (Wildman–Crippen MR) is 164 cm³/mol. The van der Waals surface area contributed by atoms with Crippen LogP contribution in [-0.2, 0) is 16.0 Å². The third-order valence-corrected chi connectivity index (χ3v) is 7.24. The highest BCUT2D eigenvalue weighted by Crippen LogP contribution is 2.54. The first-order valence-corrected chi connectivity index (χ1v) is 14.6. The highest BCUT2D eigenvalue weighted by molar-refractivity contribution is 6.04. The second-order valence-electron chi connectivity index (χ2n) is 12.5. The summed E-state index contributed by atoms with van der Waals surface area (Å²) < 4.78 is 173. The second-order valence-corrected chi connectivity index (χ2v) is 12.5. The van der Waals surface area contributed by atoms with Crippen molar-refractivity contribution in [2.75, 3.05) is 10.6 Å². The smallest absolute Gasteiger partial charge is 0.430 e. The molecule has 7 nitrogen and oxygen atoms in total. The molecule has 3 aromatic rings. The minimum absolute atomic E-state index is 0.00223. The topological polar surface area (TPSA) is 108 Å². The van der Waals surface area contributed by atoms with Gasteiger partial charge in [-0.2, -0.15) is 52.7 Å². The number of hydrogen-bond acceptors (Lipinski definition) is 6. The normalized spacial score (nSPS) is 13.3. The van der Waals surface area contributed by atoms with E-state index in [0.29, 0.717) is 18.2 Å². The molecule has 3 rings (SSSR count). The summed E-state index contributed by atoms with van der Waals surface area (Å²) in [6.45, 7) is 9.68. The maximum Gasteiger partial charge on any atom is 0.430 e. The summed E-state index contributed by atoms with van der Waals surface area (Å²) >= 11 is 0. The summed E-state index contributed by atoms with van der Waals surface area (Å²) in [6, 6.07) is 7.86. The van der Waals surface area contributed by atoms with Crippen LogP contribution in [0.3, 0.4) is 0 Å². The molecule has 0 aliphatic heterocycles. The lowest BCUT2D eigenvalue weighted by atomic mass is 9.89. The van der Waals surface area contributed by atoms with Crippen molar-refractivity contribution in [1.29, 1.82) is 0 Å². The van der Waals surface area contributed by atoms with Gasteiger partial charge in [0.15, 0.2) is 0 Å². The Morgan fingerprint density at radius 3 is 1.35 bits per heavy atom. The van der Waals surface area contributed by atoms with Gasteiger partial charge in [-0.25, -0.2) is 0 Å². The molecule has 0 atom stereocenters. The first-order valence-electron chi connectivity index (χ1n) is 14.6. The van der Waals surface area contributed by atoms with Crippen molar-refractivity contribution in [2.45, 2.75) is 82.0 Å². The maximum absolute atomic E-state index is 14.0. The van der Waals surface area contributed by atoms with Crippen LogP contribution in [0.2, 0.25) is 0 Å². The number of carbonyl (C=O) groups is 2. The zero-order valence-electron chi connectivity index (χ0n) is 27.7. The molecule has 0 saturated heterocycles. The van der Waals surface area contributed by atoms with Crippen LogP contribution in [0.25, 0.3) is 0 Å². The highest BCUT2D eigenvalue weighted by atomic mass is 19.4. The summed E-state index contributed by atoms with van der Waals surface area (Å²) in [6.07, 6.45) is -25.8. The highest BCUT2D eigenvalue weighted by Gasteiger charge is 2.73. The second kappa shape index (κ2) is 14.8. The summed E-state index contributed by atoms with van der Waals surface area (Å²) in [5.41, 5.74) is -17.9. The van der Waals surface area contributed by atoms with E-state index in [4.69, 9.17) is 9.53 Å². The molecule has 0 aliphatic carbocycles.